The minimum absolute atomic E-state index is 0.319. The number of nitrogens with zero attached hydrogens (tertiary/aromatic N) is 3. The van der Waals surface area contributed by atoms with Gasteiger partial charge in [0.1, 0.15) is 5.75 Å². The second-order valence-electron chi connectivity index (χ2n) is 10.3. The van der Waals surface area contributed by atoms with Crippen LogP contribution in [0.2, 0.25) is 0 Å². The summed E-state index contributed by atoms with van der Waals surface area (Å²) in [5.41, 5.74) is 1.97. The van der Waals surface area contributed by atoms with Crippen molar-refractivity contribution in [2.24, 2.45) is 17.8 Å². The highest BCUT2D eigenvalue weighted by Crippen LogP contribution is 2.42. The predicted molar refractivity (Wildman–Crippen MR) is 120 cm³/mol. The molecule has 0 aromatic heterocycles. The molecule has 166 valence electrons. The summed E-state index contributed by atoms with van der Waals surface area (Å²) in [7, 11) is 2.04. The van der Waals surface area contributed by atoms with Crippen LogP contribution in [0, 0.1) is 29.1 Å². The molecule has 2 heterocycles. The first-order chi connectivity index (χ1) is 15.1. The van der Waals surface area contributed by atoms with Crippen LogP contribution in [0.5, 0.6) is 5.75 Å². The number of rotatable bonds is 5. The first-order valence-electron chi connectivity index (χ1n) is 12.3. The van der Waals surface area contributed by atoms with Gasteiger partial charge in [0.2, 0.25) is 5.91 Å². The van der Waals surface area contributed by atoms with Gasteiger partial charge >= 0.3 is 0 Å². The minimum atomic E-state index is 0.319. The van der Waals surface area contributed by atoms with Crippen molar-refractivity contribution in [3.63, 3.8) is 0 Å². The molecule has 2 aliphatic carbocycles. The zero-order chi connectivity index (χ0) is 21.4. The van der Waals surface area contributed by atoms with Gasteiger partial charge in [0.25, 0.3) is 0 Å². The van der Waals surface area contributed by atoms with E-state index in [1.54, 1.807) is 0 Å². The molecule has 2 atom stereocenters. The zero-order valence-corrected chi connectivity index (χ0v) is 18.8. The van der Waals surface area contributed by atoms with Gasteiger partial charge in [-0.15, -0.1) is 0 Å². The molecule has 1 amide bonds. The van der Waals surface area contributed by atoms with Crippen molar-refractivity contribution in [2.75, 3.05) is 33.3 Å². The SMILES string of the molecule is CN(C(=O)C1CCC1)[C@H]1CC[C@H](CCN2C[C@H]3COc4ccc(C#N)cc4[C@@H]3C2)CC1. The van der Waals surface area contributed by atoms with Gasteiger partial charge in [-0.3, -0.25) is 4.79 Å². The molecular formula is C26H35N3O2. The summed E-state index contributed by atoms with van der Waals surface area (Å²) >= 11 is 0. The molecule has 1 saturated heterocycles. The van der Waals surface area contributed by atoms with Crippen LogP contribution in [0.3, 0.4) is 0 Å². The lowest BCUT2D eigenvalue weighted by atomic mass is 9.81. The maximum atomic E-state index is 12.5. The molecule has 1 aromatic carbocycles. The Bertz CT molecular complexity index is 851. The van der Waals surface area contributed by atoms with Crippen molar-refractivity contribution in [1.29, 1.82) is 5.26 Å². The second-order valence-corrected chi connectivity index (χ2v) is 10.3. The van der Waals surface area contributed by atoms with Gasteiger partial charge in [-0.25, -0.2) is 0 Å². The highest BCUT2D eigenvalue weighted by atomic mass is 16.5. The summed E-state index contributed by atoms with van der Waals surface area (Å²) in [5.74, 6) is 3.53. The molecule has 31 heavy (non-hydrogen) atoms. The fraction of sp³-hybridized carbons (Fsp3) is 0.692. The molecule has 1 aromatic rings. The first-order valence-corrected chi connectivity index (χ1v) is 12.3. The van der Waals surface area contributed by atoms with Crippen molar-refractivity contribution in [3.8, 4) is 11.8 Å². The summed E-state index contributed by atoms with van der Waals surface area (Å²) in [6.07, 6.45) is 9.54. The van der Waals surface area contributed by atoms with Gasteiger partial charge in [-0.2, -0.15) is 5.26 Å². The monoisotopic (exact) mass is 421 g/mol. The lowest BCUT2D eigenvalue weighted by Gasteiger charge is -2.38. The van der Waals surface area contributed by atoms with Crippen LogP contribution >= 0.6 is 0 Å². The number of carbonyl (C=O) groups excluding carboxylic acids is 1. The number of hydrogen-bond acceptors (Lipinski definition) is 4. The molecule has 3 fully saturated rings. The number of benzene rings is 1. The zero-order valence-electron chi connectivity index (χ0n) is 18.8. The number of carbonyl (C=O) groups is 1. The molecule has 4 aliphatic rings. The lowest BCUT2D eigenvalue weighted by Crippen LogP contribution is -2.44. The van der Waals surface area contributed by atoms with E-state index in [2.05, 4.69) is 15.9 Å². The topological polar surface area (TPSA) is 56.6 Å². The summed E-state index contributed by atoms with van der Waals surface area (Å²) in [6, 6.07) is 8.60. The molecule has 5 heteroatoms. The van der Waals surface area contributed by atoms with Crippen molar-refractivity contribution in [3.05, 3.63) is 29.3 Å². The third-order valence-corrected chi connectivity index (χ3v) is 8.53. The Kier molecular flexibility index (Phi) is 5.93. The number of amides is 1. The van der Waals surface area contributed by atoms with E-state index in [1.165, 1.54) is 44.1 Å². The average Bonchev–Trinajstić information content (AvgIpc) is 3.19. The molecular weight excluding hydrogens is 386 g/mol. The quantitative estimate of drug-likeness (QED) is 0.716. The van der Waals surface area contributed by atoms with Gasteiger partial charge in [0.05, 0.1) is 18.2 Å². The molecule has 0 spiro atoms. The van der Waals surface area contributed by atoms with E-state index >= 15 is 0 Å². The second kappa shape index (κ2) is 8.82. The van der Waals surface area contributed by atoms with Crippen LogP contribution in [0.25, 0.3) is 0 Å². The Morgan fingerprint density at radius 1 is 1.19 bits per heavy atom. The third kappa shape index (κ3) is 4.20. The number of ether oxygens (including phenoxy) is 1. The van der Waals surface area contributed by atoms with Crippen LogP contribution in [-0.4, -0.2) is 55.0 Å². The highest BCUT2D eigenvalue weighted by Gasteiger charge is 2.39. The van der Waals surface area contributed by atoms with Crippen LogP contribution in [0.4, 0.5) is 0 Å². The normalized spacial score (nSPS) is 30.5. The average molecular weight is 422 g/mol. The van der Waals surface area contributed by atoms with E-state index in [9.17, 15) is 10.1 Å². The Morgan fingerprint density at radius 2 is 2.00 bits per heavy atom. The summed E-state index contributed by atoms with van der Waals surface area (Å²) in [5, 5.41) is 9.26. The van der Waals surface area contributed by atoms with Gasteiger partial charge in [-0.1, -0.05) is 6.42 Å². The largest absolute Gasteiger partial charge is 0.493 e. The highest BCUT2D eigenvalue weighted by molar-refractivity contribution is 5.79. The maximum Gasteiger partial charge on any atom is 0.225 e. The smallest absolute Gasteiger partial charge is 0.225 e. The van der Waals surface area contributed by atoms with Crippen LogP contribution in [0.15, 0.2) is 18.2 Å². The minimum Gasteiger partial charge on any atom is -0.493 e. The maximum absolute atomic E-state index is 12.5. The summed E-state index contributed by atoms with van der Waals surface area (Å²) in [6.45, 7) is 4.15. The van der Waals surface area contributed by atoms with Crippen LogP contribution in [0.1, 0.15) is 68.4 Å². The van der Waals surface area contributed by atoms with Crippen molar-refractivity contribution < 1.29 is 9.53 Å². The Balaban J connectivity index is 1.10. The van der Waals surface area contributed by atoms with E-state index in [4.69, 9.17) is 4.74 Å². The van der Waals surface area contributed by atoms with Gasteiger partial charge < -0.3 is 14.5 Å². The van der Waals surface area contributed by atoms with Crippen LogP contribution in [-0.2, 0) is 4.79 Å². The van der Waals surface area contributed by atoms with E-state index in [1.807, 2.05) is 25.2 Å². The van der Waals surface area contributed by atoms with E-state index in [0.717, 1.165) is 56.3 Å². The van der Waals surface area contributed by atoms with Crippen LogP contribution < -0.4 is 4.74 Å². The Labute approximate surface area is 186 Å². The Morgan fingerprint density at radius 3 is 2.71 bits per heavy atom. The Hall–Kier alpha value is -2.06. The lowest BCUT2D eigenvalue weighted by molar-refractivity contribution is -0.139. The van der Waals surface area contributed by atoms with Gasteiger partial charge in [0, 0.05) is 49.5 Å². The summed E-state index contributed by atoms with van der Waals surface area (Å²) in [4.78, 5) is 17.2. The fourth-order valence-corrected chi connectivity index (χ4v) is 6.21. The van der Waals surface area contributed by atoms with Gasteiger partial charge in [0.15, 0.2) is 0 Å². The van der Waals surface area contributed by atoms with E-state index < -0.39 is 0 Å². The molecule has 2 saturated carbocycles. The fourth-order valence-electron chi connectivity index (χ4n) is 6.21. The molecule has 5 nitrogen and oxygen atoms in total. The van der Waals surface area contributed by atoms with Gasteiger partial charge in [-0.05, 0) is 75.6 Å². The molecule has 2 aliphatic heterocycles. The molecule has 5 rings (SSSR count). The van der Waals surface area contributed by atoms with E-state index in [0.29, 0.717) is 29.7 Å². The molecule has 0 unspecified atom stereocenters. The molecule has 0 N–H and O–H groups in total. The number of nitriles is 1. The van der Waals surface area contributed by atoms with Crippen molar-refractivity contribution in [1.82, 2.24) is 9.80 Å². The number of hydrogen-bond donors (Lipinski definition) is 0. The third-order valence-electron chi connectivity index (χ3n) is 8.53. The van der Waals surface area contributed by atoms with Crippen molar-refractivity contribution in [2.45, 2.75) is 63.3 Å². The number of fused-ring (bicyclic) bond motifs is 3. The predicted octanol–water partition coefficient (Wildman–Crippen LogP) is 4.17. The molecule has 0 bridgehead atoms. The van der Waals surface area contributed by atoms with E-state index in [-0.39, 0.29) is 0 Å². The number of likely N-dealkylation sites (tertiary alicyclic amines) is 1. The summed E-state index contributed by atoms with van der Waals surface area (Å²) < 4.78 is 5.99. The first kappa shape index (κ1) is 20.8. The standard InChI is InChI=1S/C26H35N3O2/c1-28(26(30)20-3-2-4-20)22-8-5-18(6-9-22)11-12-29-15-21-17-31-25-10-7-19(14-27)13-23(25)24(21)16-29/h7,10,13,18,20-22,24H,2-6,8-9,11-12,15-17H2,1H3/t18-,21-,22-,24+/m0/s1. The molecule has 0 radical (unpaired) electrons. The van der Waals surface area contributed by atoms with Crippen molar-refractivity contribution >= 4 is 5.91 Å².